The van der Waals surface area contributed by atoms with Crippen LogP contribution in [0.3, 0.4) is 0 Å². The highest BCUT2D eigenvalue weighted by atomic mass is 32.2. The first-order chi connectivity index (χ1) is 11.7. The highest BCUT2D eigenvalue weighted by molar-refractivity contribution is 7.98. The molecule has 8 heteroatoms. The van der Waals surface area contributed by atoms with E-state index in [4.69, 9.17) is 0 Å². The molecule has 0 aromatic carbocycles. The Bertz CT molecular complexity index is 671. The van der Waals surface area contributed by atoms with Crippen LogP contribution in [0, 0.1) is 0 Å². The Morgan fingerprint density at radius 3 is 2.71 bits per heavy atom. The van der Waals surface area contributed by atoms with E-state index in [1.54, 1.807) is 18.1 Å². The van der Waals surface area contributed by atoms with E-state index < -0.39 is 0 Å². The lowest BCUT2D eigenvalue weighted by molar-refractivity contribution is 0.521. The van der Waals surface area contributed by atoms with Gasteiger partial charge >= 0.3 is 0 Å². The van der Waals surface area contributed by atoms with E-state index >= 15 is 0 Å². The van der Waals surface area contributed by atoms with E-state index in [2.05, 4.69) is 30.2 Å². The molecule has 0 atom stereocenters. The van der Waals surface area contributed by atoms with E-state index in [0.29, 0.717) is 6.04 Å². The fourth-order valence-corrected chi connectivity index (χ4v) is 3.09. The van der Waals surface area contributed by atoms with Crippen molar-refractivity contribution in [3.8, 4) is 0 Å². The fraction of sp³-hybridized carbons (Fsp3) is 0.500. The number of anilines is 3. The Kier molecular flexibility index (Phi) is 5.34. The fourth-order valence-electron chi connectivity index (χ4n) is 2.74. The summed E-state index contributed by atoms with van der Waals surface area (Å²) in [5.74, 6) is 2.82. The number of thioether (sulfide) groups is 1. The Morgan fingerprint density at radius 1 is 1.21 bits per heavy atom. The summed E-state index contributed by atoms with van der Waals surface area (Å²) < 4.78 is 0. The normalized spacial score (nSPS) is 15.4. The lowest BCUT2D eigenvalue weighted by Gasteiger charge is -2.33. The van der Waals surface area contributed by atoms with Gasteiger partial charge in [-0.05, 0) is 25.2 Å². The summed E-state index contributed by atoms with van der Waals surface area (Å²) in [5.41, 5.74) is 0. The Labute approximate surface area is 146 Å². The molecule has 0 unspecified atom stereocenters. The molecule has 7 nitrogen and oxygen atoms in total. The summed E-state index contributed by atoms with van der Waals surface area (Å²) in [4.78, 5) is 21.7. The summed E-state index contributed by atoms with van der Waals surface area (Å²) in [5, 5.41) is 4.35. The minimum Gasteiger partial charge on any atom is -0.367 e. The van der Waals surface area contributed by atoms with Crippen molar-refractivity contribution >= 4 is 29.2 Å². The molecule has 0 aliphatic carbocycles. The Hall–Kier alpha value is -2.09. The quantitative estimate of drug-likeness (QED) is 0.653. The van der Waals surface area contributed by atoms with Gasteiger partial charge in [-0.25, -0.2) is 19.9 Å². The summed E-state index contributed by atoms with van der Waals surface area (Å²) in [6.45, 7) is 1.96. The molecule has 1 saturated heterocycles. The van der Waals surface area contributed by atoms with Crippen LogP contribution in [0.25, 0.3) is 0 Å². The number of nitrogens with zero attached hydrogens (tertiary/aromatic N) is 6. The van der Waals surface area contributed by atoms with Crippen molar-refractivity contribution in [3.05, 3.63) is 24.7 Å². The van der Waals surface area contributed by atoms with Crippen molar-refractivity contribution in [3.63, 3.8) is 0 Å². The first kappa shape index (κ1) is 16.8. The lowest BCUT2D eigenvalue weighted by Crippen LogP contribution is -2.39. The average Bonchev–Trinajstić information content (AvgIpc) is 2.62. The van der Waals surface area contributed by atoms with Crippen molar-refractivity contribution in [2.75, 3.05) is 48.6 Å². The van der Waals surface area contributed by atoms with Crippen LogP contribution in [0.2, 0.25) is 0 Å². The minimum absolute atomic E-state index is 0.424. The van der Waals surface area contributed by atoms with Gasteiger partial charge in [-0.1, -0.05) is 11.8 Å². The van der Waals surface area contributed by atoms with E-state index in [0.717, 1.165) is 48.5 Å². The zero-order chi connectivity index (χ0) is 16.9. The smallest absolute Gasteiger partial charge is 0.189 e. The highest BCUT2D eigenvalue weighted by Gasteiger charge is 2.20. The topological polar surface area (TPSA) is 70.1 Å². The number of hydrogen-bond donors (Lipinski definition) is 1. The van der Waals surface area contributed by atoms with Crippen molar-refractivity contribution in [1.82, 2.24) is 19.9 Å². The van der Waals surface area contributed by atoms with Crippen molar-refractivity contribution in [2.24, 2.45) is 0 Å². The van der Waals surface area contributed by atoms with Crippen LogP contribution >= 0.6 is 11.8 Å². The molecule has 1 N–H and O–H groups in total. The van der Waals surface area contributed by atoms with Crippen molar-refractivity contribution in [1.29, 1.82) is 0 Å². The largest absolute Gasteiger partial charge is 0.367 e. The van der Waals surface area contributed by atoms with Gasteiger partial charge < -0.3 is 15.1 Å². The van der Waals surface area contributed by atoms with Gasteiger partial charge in [0.05, 0.1) is 0 Å². The predicted octanol–water partition coefficient (Wildman–Crippen LogP) is 2.14. The van der Waals surface area contributed by atoms with Gasteiger partial charge in [-0.15, -0.1) is 0 Å². The molecule has 2 aromatic rings. The first-order valence-corrected chi connectivity index (χ1v) is 9.26. The molecule has 1 fully saturated rings. The number of nitrogens with one attached hydrogen (secondary N) is 1. The molecule has 0 bridgehead atoms. The Morgan fingerprint density at radius 2 is 2.00 bits per heavy atom. The third-order valence-corrected chi connectivity index (χ3v) is 4.64. The number of rotatable bonds is 5. The predicted molar refractivity (Wildman–Crippen MR) is 99.0 cm³/mol. The molecule has 0 spiro atoms. The third-order valence-electron chi connectivity index (χ3n) is 4.08. The van der Waals surface area contributed by atoms with Gasteiger partial charge in [0.2, 0.25) is 0 Å². The van der Waals surface area contributed by atoms with E-state index in [1.165, 1.54) is 0 Å². The molecule has 128 valence electrons. The molecular weight excluding hydrogens is 322 g/mol. The van der Waals surface area contributed by atoms with Crippen molar-refractivity contribution in [2.45, 2.75) is 24.0 Å². The van der Waals surface area contributed by atoms with Crippen LogP contribution < -0.4 is 15.1 Å². The van der Waals surface area contributed by atoms with Gasteiger partial charge in [0.25, 0.3) is 0 Å². The summed E-state index contributed by atoms with van der Waals surface area (Å²) in [6, 6.07) is 4.40. The molecule has 0 radical (unpaired) electrons. The van der Waals surface area contributed by atoms with Gasteiger partial charge in [-0.3, -0.25) is 0 Å². The third kappa shape index (κ3) is 4.05. The highest BCUT2D eigenvalue weighted by Crippen LogP contribution is 2.22. The summed E-state index contributed by atoms with van der Waals surface area (Å²) >= 11 is 1.57. The van der Waals surface area contributed by atoms with E-state index in [9.17, 15) is 0 Å². The van der Waals surface area contributed by atoms with Crippen LogP contribution in [-0.2, 0) is 0 Å². The molecular formula is C16H23N7S. The zero-order valence-electron chi connectivity index (χ0n) is 14.3. The minimum atomic E-state index is 0.424. The van der Waals surface area contributed by atoms with Crippen LogP contribution in [-0.4, -0.2) is 59.4 Å². The first-order valence-electron chi connectivity index (χ1n) is 8.03. The van der Waals surface area contributed by atoms with Crippen LogP contribution in [0.5, 0.6) is 0 Å². The summed E-state index contributed by atoms with van der Waals surface area (Å²) in [6.07, 6.45) is 7.55. The SMILES string of the molecule is CSc1nccc(N2CCC(Nc3cc(N(C)C)ncn3)CC2)n1. The molecule has 3 rings (SSSR count). The molecule has 0 saturated carbocycles. The average molecular weight is 345 g/mol. The number of hydrogen-bond acceptors (Lipinski definition) is 8. The zero-order valence-corrected chi connectivity index (χ0v) is 15.1. The van der Waals surface area contributed by atoms with Gasteiger partial charge in [0, 0.05) is 45.5 Å². The molecule has 24 heavy (non-hydrogen) atoms. The second-order valence-corrected chi connectivity index (χ2v) is 6.74. The molecule has 1 aliphatic rings. The van der Waals surface area contributed by atoms with Gasteiger partial charge in [-0.2, -0.15) is 0 Å². The second-order valence-electron chi connectivity index (χ2n) is 5.96. The second kappa shape index (κ2) is 7.65. The number of aromatic nitrogens is 4. The molecule has 3 heterocycles. The maximum absolute atomic E-state index is 4.59. The molecule has 2 aromatic heterocycles. The maximum Gasteiger partial charge on any atom is 0.189 e. The number of piperidine rings is 1. The Balaban J connectivity index is 1.58. The van der Waals surface area contributed by atoms with Crippen LogP contribution in [0.15, 0.2) is 29.8 Å². The van der Waals surface area contributed by atoms with E-state index in [1.807, 2.05) is 43.6 Å². The van der Waals surface area contributed by atoms with Crippen molar-refractivity contribution < 1.29 is 0 Å². The summed E-state index contributed by atoms with van der Waals surface area (Å²) in [7, 11) is 3.96. The van der Waals surface area contributed by atoms with Gasteiger partial charge in [0.1, 0.15) is 23.8 Å². The van der Waals surface area contributed by atoms with Crippen LogP contribution in [0.4, 0.5) is 17.5 Å². The van der Waals surface area contributed by atoms with Gasteiger partial charge in [0.15, 0.2) is 5.16 Å². The molecule has 1 aliphatic heterocycles. The van der Waals surface area contributed by atoms with Crippen LogP contribution in [0.1, 0.15) is 12.8 Å². The standard InChI is InChI=1S/C16H23N7S/c1-22(2)15-10-13(18-11-19-15)20-12-5-8-23(9-6-12)14-4-7-17-16(21-14)24-3/h4,7,10-12H,5-6,8-9H2,1-3H3,(H,18,19,20). The lowest BCUT2D eigenvalue weighted by atomic mass is 10.1. The van der Waals surface area contributed by atoms with E-state index in [-0.39, 0.29) is 0 Å². The maximum atomic E-state index is 4.59. The molecule has 0 amide bonds. The monoisotopic (exact) mass is 345 g/mol.